The Morgan fingerprint density at radius 2 is 2.06 bits per heavy atom. The number of carbonyl (C=O) groups excluding carboxylic acids is 1. The van der Waals surface area contributed by atoms with E-state index < -0.39 is 0 Å². The van der Waals surface area contributed by atoms with Crippen LogP contribution >= 0.6 is 0 Å². The van der Waals surface area contributed by atoms with Crippen molar-refractivity contribution in [2.45, 2.75) is 46.3 Å². The highest BCUT2D eigenvalue weighted by molar-refractivity contribution is 5.82. The molecule has 0 saturated carbocycles. The van der Waals surface area contributed by atoms with Gasteiger partial charge >= 0.3 is 0 Å². The van der Waals surface area contributed by atoms with E-state index in [-0.39, 0.29) is 17.9 Å². The highest BCUT2D eigenvalue weighted by Gasteiger charge is 2.29. The van der Waals surface area contributed by atoms with Gasteiger partial charge in [-0.25, -0.2) is 0 Å². The first-order valence-electron chi connectivity index (χ1n) is 6.65. The Bertz CT molecular complexity index is 456. The predicted molar refractivity (Wildman–Crippen MR) is 72.9 cm³/mol. The van der Waals surface area contributed by atoms with E-state index in [1.165, 1.54) is 16.7 Å². The first-order valence-corrected chi connectivity index (χ1v) is 6.65. The van der Waals surface area contributed by atoms with Gasteiger partial charge in [0.25, 0.3) is 0 Å². The normalized spacial score (nSPS) is 17.4. The minimum absolute atomic E-state index is 0.0817. The maximum atomic E-state index is 12.3. The lowest BCUT2D eigenvalue weighted by atomic mass is 9.99. The van der Waals surface area contributed by atoms with Gasteiger partial charge in [-0.1, -0.05) is 44.0 Å². The van der Waals surface area contributed by atoms with Gasteiger partial charge in [0.2, 0.25) is 5.91 Å². The number of nitrogens with two attached hydrogens (primary N) is 1. The van der Waals surface area contributed by atoms with E-state index in [0.29, 0.717) is 13.1 Å². The minimum atomic E-state index is -0.370. The van der Waals surface area contributed by atoms with Crippen LogP contribution < -0.4 is 5.73 Å². The molecule has 1 amide bonds. The second-order valence-corrected chi connectivity index (χ2v) is 5.38. The number of fused-ring (bicyclic) bond motifs is 1. The van der Waals surface area contributed by atoms with Crippen molar-refractivity contribution in [2.75, 3.05) is 0 Å². The maximum Gasteiger partial charge on any atom is 0.240 e. The minimum Gasteiger partial charge on any atom is -0.333 e. The van der Waals surface area contributed by atoms with Crippen LogP contribution in [-0.4, -0.2) is 16.8 Å². The Hall–Kier alpha value is -1.35. The molecule has 98 valence electrons. The van der Waals surface area contributed by atoms with Gasteiger partial charge in [0.05, 0.1) is 6.04 Å². The molecule has 1 heterocycles. The van der Waals surface area contributed by atoms with Crippen LogP contribution in [0.15, 0.2) is 18.2 Å². The Morgan fingerprint density at radius 3 is 2.72 bits per heavy atom. The van der Waals surface area contributed by atoms with Crippen molar-refractivity contribution in [2.24, 2.45) is 11.7 Å². The maximum absolute atomic E-state index is 12.3. The fraction of sp³-hybridized carbons (Fsp3) is 0.533. The third kappa shape index (κ3) is 2.41. The molecule has 2 N–H and O–H groups in total. The molecule has 1 aliphatic rings. The van der Waals surface area contributed by atoms with E-state index in [1.807, 2.05) is 11.8 Å². The van der Waals surface area contributed by atoms with Gasteiger partial charge < -0.3 is 10.6 Å². The van der Waals surface area contributed by atoms with Gasteiger partial charge in [0, 0.05) is 13.1 Å². The van der Waals surface area contributed by atoms with Crippen LogP contribution in [0.3, 0.4) is 0 Å². The molecule has 1 unspecified atom stereocenters. The summed E-state index contributed by atoms with van der Waals surface area (Å²) in [5.74, 6) is 0.321. The summed E-state index contributed by atoms with van der Waals surface area (Å²) in [7, 11) is 0. The fourth-order valence-electron chi connectivity index (χ4n) is 2.39. The largest absolute Gasteiger partial charge is 0.333 e. The third-order valence-electron chi connectivity index (χ3n) is 3.94. The molecule has 2 atom stereocenters. The van der Waals surface area contributed by atoms with Crippen LogP contribution in [0.5, 0.6) is 0 Å². The summed E-state index contributed by atoms with van der Waals surface area (Å²) < 4.78 is 0. The molecule has 0 saturated heterocycles. The van der Waals surface area contributed by atoms with Crippen molar-refractivity contribution >= 4 is 5.91 Å². The number of amides is 1. The molecule has 1 aromatic carbocycles. The van der Waals surface area contributed by atoms with Crippen molar-refractivity contribution in [1.29, 1.82) is 0 Å². The van der Waals surface area contributed by atoms with Gasteiger partial charge in [-0.05, 0) is 24.0 Å². The number of aryl methyl sites for hydroxylation is 1. The van der Waals surface area contributed by atoms with Crippen LogP contribution in [0.1, 0.15) is 37.0 Å². The first-order chi connectivity index (χ1) is 8.52. The number of hydrogen-bond acceptors (Lipinski definition) is 2. The van der Waals surface area contributed by atoms with E-state index >= 15 is 0 Å². The van der Waals surface area contributed by atoms with Gasteiger partial charge in [-0.15, -0.1) is 0 Å². The van der Waals surface area contributed by atoms with Gasteiger partial charge in [0.1, 0.15) is 0 Å². The van der Waals surface area contributed by atoms with Gasteiger partial charge in [0.15, 0.2) is 0 Å². The van der Waals surface area contributed by atoms with E-state index in [0.717, 1.165) is 6.42 Å². The quantitative estimate of drug-likeness (QED) is 0.888. The Balaban J connectivity index is 2.09. The zero-order chi connectivity index (χ0) is 13.3. The fourth-order valence-corrected chi connectivity index (χ4v) is 2.39. The summed E-state index contributed by atoms with van der Waals surface area (Å²) in [6.07, 6.45) is 0.937. The van der Waals surface area contributed by atoms with Crippen LogP contribution in [0.2, 0.25) is 0 Å². The second kappa shape index (κ2) is 5.11. The van der Waals surface area contributed by atoms with Crippen LogP contribution in [-0.2, 0) is 17.9 Å². The monoisotopic (exact) mass is 246 g/mol. The van der Waals surface area contributed by atoms with Crippen LogP contribution in [0.4, 0.5) is 0 Å². The summed E-state index contributed by atoms with van der Waals surface area (Å²) in [6.45, 7) is 7.60. The van der Waals surface area contributed by atoms with Crippen molar-refractivity contribution in [3.8, 4) is 0 Å². The number of benzene rings is 1. The molecule has 0 fully saturated rings. The van der Waals surface area contributed by atoms with E-state index in [9.17, 15) is 4.79 Å². The molecule has 0 aromatic heterocycles. The van der Waals surface area contributed by atoms with Crippen molar-refractivity contribution in [1.82, 2.24) is 4.90 Å². The smallest absolute Gasteiger partial charge is 0.240 e. The van der Waals surface area contributed by atoms with E-state index in [2.05, 4.69) is 32.0 Å². The number of hydrogen-bond donors (Lipinski definition) is 1. The lowest BCUT2D eigenvalue weighted by Crippen LogP contribution is -2.44. The second-order valence-electron chi connectivity index (χ2n) is 5.38. The lowest BCUT2D eigenvalue weighted by molar-refractivity contribution is -0.134. The highest BCUT2D eigenvalue weighted by Crippen LogP contribution is 2.25. The topological polar surface area (TPSA) is 46.3 Å². The molecule has 0 spiro atoms. The summed E-state index contributed by atoms with van der Waals surface area (Å²) in [4.78, 5) is 14.2. The Kier molecular flexibility index (Phi) is 3.71. The number of nitrogens with zero attached hydrogens (tertiary/aromatic N) is 1. The third-order valence-corrected chi connectivity index (χ3v) is 3.94. The average molecular weight is 246 g/mol. The standard InChI is InChI=1S/C15H22N2O/c1-4-11(3)14(16)15(18)17-8-12-6-5-10(2)7-13(12)9-17/h5-7,11,14H,4,8-9,16H2,1-3H3/t11-,14?/m1/s1. The number of rotatable bonds is 3. The molecular weight excluding hydrogens is 224 g/mol. The molecule has 0 radical (unpaired) electrons. The molecule has 1 aromatic rings. The van der Waals surface area contributed by atoms with Crippen LogP contribution in [0, 0.1) is 12.8 Å². The van der Waals surface area contributed by atoms with Crippen molar-refractivity contribution in [3.05, 3.63) is 34.9 Å². The molecule has 0 aliphatic carbocycles. The molecule has 1 aliphatic heterocycles. The molecule has 18 heavy (non-hydrogen) atoms. The summed E-state index contributed by atoms with van der Waals surface area (Å²) in [5, 5.41) is 0. The van der Waals surface area contributed by atoms with Crippen molar-refractivity contribution < 1.29 is 4.79 Å². The molecular formula is C15H22N2O. The van der Waals surface area contributed by atoms with E-state index in [1.54, 1.807) is 0 Å². The molecule has 3 nitrogen and oxygen atoms in total. The molecule has 2 rings (SSSR count). The summed E-state index contributed by atoms with van der Waals surface area (Å²) >= 11 is 0. The molecule has 3 heteroatoms. The van der Waals surface area contributed by atoms with E-state index in [4.69, 9.17) is 5.73 Å². The number of carbonyl (C=O) groups is 1. The van der Waals surface area contributed by atoms with Crippen molar-refractivity contribution in [3.63, 3.8) is 0 Å². The molecule has 0 bridgehead atoms. The average Bonchev–Trinajstić information content (AvgIpc) is 2.78. The summed E-state index contributed by atoms with van der Waals surface area (Å²) in [6, 6.07) is 6.01. The highest BCUT2D eigenvalue weighted by atomic mass is 16.2. The van der Waals surface area contributed by atoms with Gasteiger partial charge in [-0.3, -0.25) is 4.79 Å². The van der Waals surface area contributed by atoms with Gasteiger partial charge in [-0.2, -0.15) is 0 Å². The Morgan fingerprint density at radius 1 is 1.39 bits per heavy atom. The first kappa shape index (κ1) is 13.1. The lowest BCUT2D eigenvalue weighted by Gasteiger charge is -2.23. The Labute approximate surface area is 109 Å². The SMILES string of the molecule is CC[C@@H](C)C(N)C(=O)N1Cc2ccc(C)cc2C1. The summed E-state index contributed by atoms with van der Waals surface area (Å²) in [5.41, 5.74) is 9.79. The zero-order valence-corrected chi connectivity index (χ0v) is 11.4. The van der Waals surface area contributed by atoms with Crippen LogP contribution in [0.25, 0.3) is 0 Å². The predicted octanol–water partition coefficient (Wildman–Crippen LogP) is 2.21. The zero-order valence-electron chi connectivity index (χ0n) is 11.4.